The number of phenols is 1. The van der Waals surface area contributed by atoms with Crippen LogP contribution in [0.5, 0.6) is 11.5 Å². The molecule has 1 fully saturated rings. The molecule has 0 aliphatic carbocycles. The minimum atomic E-state index is -0.541. The van der Waals surface area contributed by atoms with Gasteiger partial charge in [-0.15, -0.1) is 0 Å². The van der Waals surface area contributed by atoms with Gasteiger partial charge in [-0.1, -0.05) is 12.1 Å². The molecule has 0 bridgehead atoms. The Morgan fingerprint density at radius 1 is 1.28 bits per heavy atom. The van der Waals surface area contributed by atoms with Crippen LogP contribution >= 0.6 is 0 Å². The summed E-state index contributed by atoms with van der Waals surface area (Å²) in [6.45, 7) is 8.46. The Bertz CT molecular complexity index is 668. The van der Waals surface area contributed by atoms with E-state index < -0.39 is 18.3 Å². The Labute approximate surface area is 149 Å². The summed E-state index contributed by atoms with van der Waals surface area (Å²) in [4.78, 5) is 11.5. The first-order valence-electron chi connectivity index (χ1n) is 8.22. The van der Waals surface area contributed by atoms with Gasteiger partial charge in [-0.25, -0.2) is 0 Å². The van der Waals surface area contributed by atoms with E-state index >= 15 is 0 Å². The zero-order valence-electron chi connectivity index (χ0n) is 15.7. The predicted octanol–water partition coefficient (Wildman–Crippen LogP) is 2.45. The van der Waals surface area contributed by atoms with Gasteiger partial charge in [0, 0.05) is 6.54 Å². The molecule has 1 aliphatic heterocycles. The normalized spacial score (nSPS) is 19.1. The average molecular weight is 347 g/mol. The summed E-state index contributed by atoms with van der Waals surface area (Å²) in [5.74, 6) is 0.0778. The summed E-state index contributed by atoms with van der Waals surface area (Å²) in [5, 5.41) is 13.3. The van der Waals surface area contributed by atoms with E-state index in [0.29, 0.717) is 18.4 Å². The second kappa shape index (κ2) is 7.19. The summed E-state index contributed by atoms with van der Waals surface area (Å²) in [6, 6.07) is 3.35. The van der Waals surface area contributed by atoms with Gasteiger partial charge in [0.25, 0.3) is 0 Å². The van der Waals surface area contributed by atoms with E-state index in [0.717, 1.165) is 5.47 Å². The molecule has 0 amide bonds. The third-order valence-electron chi connectivity index (χ3n) is 4.83. The lowest BCUT2D eigenvalue weighted by molar-refractivity contribution is 0.00578. The number of nitrogens with one attached hydrogen (secondary N) is 1. The zero-order chi connectivity index (χ0) is 18.8. The van der Waals surface area contributed by atoms with Crippen LogP contribution in [0.15, 0.2) is 17.6 Å². The number of benzene rings is 1. The maximum atomic E-state index is 11.5. The molecule has 6 nitrogen and oxygen atoms in total. The molecular weight excluding hydrogens is 321 g/mol. The van der Waals surface area contributed by atoms with Crippen LogP contribution in [-0.2, 0) is 9.31 Å². The van der Waals surface area contributed by atoms with E-state index in [4.69, 9.17) is 14.0 Å². The van der Waals surface area contributed by atoms with Gasteiger partial charge >= 0.3 is 7.12 Å². The summed E-state index contributed by atoms with van der Waals surface area (Å²) in [6.07, 6.45) is 2.42. The minimum absolute atomic E-state index is 0.171. The molecule has 2 N–H and O–H groups in total. The second-order valence-corrected chi connectivity index (χ2v) is 7.08. The highest BCUT2D eigenvalue weighted by Crippen LogP contribution is 2.39. The quantitative estimate of drug-likeness (QED) is 0.608. The fourth-order valence-corrected chi connectivity index (χ4v) is 2.62. The Kier molecular flexibility index (Phi) is 5.61. The third kappa shape index (κ3) is 3.73. The van der Waals surface area contributed by atoms with Crippen molar-refractivity contribution in [1.29, 1.82) is 0 Å². The molecule has 0 spiro atoms. The number of ether oxygens (including phenoxy) is 1. The summed E-state index contributed by atoms with van der Waals surface area (Å²) in [7, 11) is 2.72. The van der Waals surface area contributed by atoms with Gasteiger partial charge in [0.1, 0.15) is 0 Å². The topological polar surface area (TPSA) is 77.0 Å². The van der Waals surface area contributed by atoms with Crippen molar-refractivity contribution in [2.24, 2.45) is 0 Å². The molecule has 1 heterocycles. The lowest BCUT2D eigenvalue weighted by Crippen LogP contribution is -2.41. The summed E-state index contributed by atoms with van der Waals surface area (Å²) in [5.41, 5.74) is 0.659. The number of aldehydes is 1. The van der Waals surface area contributed by atoms with Gasteiger partial charge in [0.05, 0.1) is 23.9 Å². The lowest BCUT2D eigenvalue weighted by atomic mass is 9.76. The van der Waals surface area contributed by atoms with Crippen LogP contribution in [0.4, 0.5) is 0 Å². The minimum Gasteiger partial charge on any atom is -0.504 e. The standard InChI is InChI=1S/C18H26BNO5/c1-17(2)18(3,4)25-19(24-17)13(10-20-5)9-12-7-8-15(23-6)16(22)14(12)11-21/h7-9,11,20,22H,10H2,1-6H3. The number of carbonyl (C=O) groups excluding carboxylic acids is 1. The van der Waals surface area contributed by atoms with Crippen molar-refractivity contribution in [3.63, 3.8) is 0 Å². The van der Waals surface area contributed by atoms with E-state index in [9.17, 15) is 9.90 Å². The highest BCUT2D eigenvalue weighted by molar-refractivity contribution is 6.56. The molecular formula is C18H26BNO5. The number of hydrogen-bond acceptors (Lipinski definition) is 6. The molecule has 0 saturated carbocycles. The van der Waals surface area contributed by atoms with Gasteiger partial charge in [0.15, 0.2) is 17.8 Å². The number of likely N-dealkylation sites (N-methyl/N-ethyl adjacent to an activating group) is 1. The maximum absolute atomic E-state index is 11.5. The second-order valence-electron chi connectivity index (χ2n) is 7.08. The SMILES string of the molecule is CNCC(=Cc1ccc(OC)c(O)c1C=O)B1OC(C)(C)C(C)(C)O1. The first-order valence-corrected chi connectivity index (χ1v) is 8.22. The van der Waals surface area contributed by atoms with Crippen LogP contribution in [0.2, 0.25) is 0 Å². The maximum Gasteiger partial charge on any atom is 0.491 e. The van der Waals surface area contributed by atoms with Crippen molar-refractivity contribution in [3.05, 3.63) is 28.7 Å². The van der Waals surface area contributed by atoms with Crippen molar-refractivity contribution in [2.75, 3.05) is 20.7 Å². The third-order valence-corrected chi connectivity index (χ3v) is 4.83. The molecule has 1 aromatic carbocycles. The Morgan fingerprint density at radius 3 is 2.36 bits per heavy atom. The van der Waals surface area contributed by atoms with Crippen LogP contribution in [-0.4, -0.2) is 50.4 Å². The molecule has 1 aromatic rings. The smallest absolute Gasteiger partial charge is 0.491 e. The number of carbonyl (C=O) groups is 1. The molecule has 0 atom stereocenters. The number of rotatable bonds is 6. The van der Waals surface area contributed by atoms with Gasteiger partial charge < -0.3 is 24.5 Å². The van der Waals surface area contributed by atoms with Crippen molar-refractivity contribution < 1.29 is 23.9 Å². The molecule has 1 saturated heterocycles. The van der Waals surface area contributed by atoms with Crippen LogP contribution in [0, 0.1) is 0 Å². The number of aromatic hydroxyl groups is 1. The van der Waals surface area contributed by atoms with Crippen LogP contribution in [0.3, 0.4) is 0 Å². The van der Waals surface area contributed by atoms with Crippen molar-refractivity contribution in [1.82, 2.24) is 5.32 Å². The highest BCUT2D eigenvalue weighted by Gasteiger charge is 2.52. The van der Waals surface area contributed by atoms with E-state index in [1.54, 1.807) is 12.1 Å². The first-order chi connectivity index (χ1) is 11.7. The van der Waals surface area contributed by atoms with Crippen LogP contribution < -0.4 is 10.1 Å². The molecule has 7 heteroatoms. The molecule has 136 valence electrons. The predicted molar refractivity (Wildman–Crippen MR) is 98.0 cm³/mol. The molecule has 1 aliphatic rings. The Hall–Kier alpha value is -1.83. The highest BCUT2D eigenvalue weighted by atomic mass is 16.7. The lowest BCUT2D eigenvalue weighted by Gasteiger charge is -2.32. The fraction of sp³-hybridized carbons (Fsp3) is 0.500. The van der Waals surface area contributed by atoms with Crippen LogP contribution in [0.1, 0.15) is 43.6 Å². The summed E-state index contributed by atoms with van der Waals surface area (Å²) < 4.78 is 17.2. The van der Waals surface area contributed by atoms with Crippen LogP contribution in [0.25, 0.3) is 6.08 Å². The van der Waals surface area contributed by atoms with Gasteiger partial charge in [0.2, 0.25) is 0 Å². The van der Waals surface area contributed by atoms with E-state index in [1.165, 1.54) is 7.11 Å². The van der Waals surface area contributed by atoms with Gasteiger partial charge in [-0.05, 0) is 51.8 Å². The van der Waals surface area contributed by atoms with E-state index in [2.05, 4.69) is 5.32 Å². The van der Waals surface area contributed by atoms with Crippen molar-refractivity contribution in [3.8, 4) is 11.5 Å². The molecule has 2 rings (SSSR count). The molecule has 0 aromatic heterocycles. The summed E-state index contributed by atoms with van der Waals surface area (Å²) >= 11 is 0. The number of methoxy groups -OCH3 is 1. The fourth-order valence-electron chi connectivity index (χ4n) is 2.62. The van der Waals surface area contributed by atoms with E-state index in [-0.39, 0.29) is 17.1 Å². The molecule has 0 unspecified atom stereocenters. The Balaban J connectivity index is 2.45. The first kappa shape index (κ1) is 19.5. The van der Waals surface area contributed by atoms with Gasteiger partial charge in [-0.2, -0.15) is 0 Å². The molecule has 25 heavy (non-hydrogen) atoms. The molecule has 0 radical (unpaired) electrons. The zero-order valence-corrected chi connectivity index (χ0v) is 15.7. The number of hydrogen-bond donors (Lipinski definition) is 2. The Morgan fingerprint density at radius 2 is 1.88 bits per heavy atom. The largest absolute Gasteiger partial charge is 0.504 e. The van der Waals surface area contributed by atoms with Gasteiger partial charge in [-0.3, -0.25) is 4.79 Å². The van der Waals surface area contributed by atoms with Crippen molar-refractivity contribution in [2.45, 2.75) is 38.9 Å². The van der Waals surface area contributed by atoms with Crippen molar-refractivity contribution >= 4 is 19.5 Å². The van der Waals surface area contributed by atoms with E-state index in [1.807, 2.05) is 40.8 Å². The average Bonchev–Trinajstić information content (AvgIpc) is 2.75. The monoisotopic (exact) mass is 347 g/mol. The number of phenolic OH excluding ortho intramolecular Hbond substituents is 1.